The summed E-state index contributed by atoms with van der Waals surface area (Å²) in [5.41, 5.74) is 2.58. The zero-order valence-corrected chi connectivity index (χ0v) is 13.2. The Balaban J connectivity index is 1.53. The molecule has 120 valence electrons. The first-order valence-electron chi connectivity index (χ1n) is 7.46. The zero-order chi connectivity index (χ0) is 16.8. The molecule has 0 saturated carbocycles. The first-order valence-corrected chi connectivity index (χ1v) is 7.46. The van der Waals surface area contributed by atoms with Crippen LogP contribution in [0.3, 0.4) is 0 Å². The molecule has 0 spiro atoms. The van der Waals surface area contributed by atoms with Gasteiger partial charge in [-0.2, -0.15) is 10.4 Å². The standard InChI is InChI=1S/C18H16N4O2/c1-22-17(7-8-21-22)15-3-2-4-16(11-15)23-9-10-24-18-6-5-14(12-19)13-20-18/h2-8,11,13H,9-10H2,1H3. The Bertz CT molecular complexity index is 850. The van der Waals surface area contributed by atoms with Crippen molar-refractivity contribution < 1.29 is 9.47 Å². The van der Waals surface area contributed by atoms with Crippen molar-refractivity contribution in [3.8, 4) is 29.0 Å². The monoisotopic (exact) mass is 320 g/mol. The van der Waals surface area contributed by atoms with Crippen molar-refractivity contribution in [3.63, 3.8) is 0 Å². The van der Waals surface area contributed by atoms with Gasteiger partial charge in [-0.3, -0.25) is 4.68 Å². The number of rotatable bonds is 6. The van der Waals surface area contributed by atoms with Crippen LogP contribution in [0.15, 0.2) is 54.9 Å². The van der Waals surface area contributed by atoms with Crippen LogP contribution < -0.4 is 9.47 Å². The van der Waals surface area contributed by atoms with E-state index in [1.807, 2.05) is 48.1 Å². The van der Waals surface area contributed by atoms with E-state index in [-0.39, 0.29) is 0 Å². The molecule has 24 heavy (non-hydrogen) atoms. The summed E-state index contributed by atoms with van der Waals surface area (Å²) in [6, 6.07) is 15.1. The molecule has 6 nitrogen and oxygen atoms in total. The van der Waals surface area contributed by atoms with Crippen LogP contribution in [0.25, 0.3) is 11.3 Å². The number of nitrogens with zero attached hydrogens (tertiary/aromatic N) is 4. The van der Waals surface area contributed by atoms with E-state index in [0.29, 0.717) is 24.7 Å². The fourth-order valence-electron chi connectivity index (χ4n) is 2.24. The second-order valence-corrected chi connectivity index (χ2v) is 5.06. The molecule has 0 N–H and O–H groups in total. The first-order chi connectivity index (χ1) is 11.8. The van der Waals surface area contributed by atoms with E-state index < -0.39 is 0 Å². The van der Waals surface area contributed by atoms with Crippen LogP contribution in [0.1, 0.15) is 5.56 Å². The molecule has 0 radical (unpaired) electrons. The normalized spacial score (nSPS) is 10.2. The first kappa shape index (κ1) is 15.6. The topological polar surface area (TPSA) is 73.0 Å². The van der Waals surface area contributed by atoms with Crippen LogP contribution in [0.4, 0.5) is 0 Å². The predicted octanol–water partition coefficient (Wildman–Crippen LogP) is 2.81. The number of benzene rings is 1. The Labute approximate surface area is 139 Å². The number of nitriles is 1. The highest BCUT2D eigenvalue weighted by atomic mass is 16.5. The molecule has 0 bridgehead atoms. The predicted molar refractivity (Wildman–Crippen MR) is 88.6 cm³/mol. The number of pyridine rings is 1. The van der Waals surface area contributed by atoms with E-state index in [1.165, 1.54) is 6.20 Å². The van der Waals surface area contributed by atoms with Crippen molar-refractivity contribution in [2.75, 3.05) is 13.2 Å². The summed E-state index contributed by atoms with van der Waals surface area (Å²) in [5.74, 6) is 1.24. The average molecular weight is 320 g/mol. The lowest BCUT2D eigenvalue weighted by molar-refractivity contribution is 0.212. The van der Waals surface area contributed by atoms with Crippen LogP contribution in [0, 0.1) is 11.3 Å². The summed E-state index contributed by atoms with van der Waals surface area (Å²) >= 11 is 0. The second-order valence-electron chi connectivity index (χ2n) is 5.06. The van der Waals surface area contributed by atoms with Gasteiger partial charge in [-0.25, -0.2) is 4.98 Å². The Kier molecular flexibility index (Phi) is 4.73. The van der Waals surface area contributed by atoms with Gasteiger partial charge in [-0.15, -0.1) is 0 Å². The van der Waals surface area contributed by atoms with E-state index in [1.54, 1.807) is 18.3 Å². The summed E-state index contributed by atoms with van der Waals surface area (Å²) in [6.07, 6.45) is 3.24. The quantitative estimate of drug-likeness (QED) is 0.653. The minimum absolute atomic E-state index is 0.370. The molecule has 0 saturated heterocycles. The largest absolute Gasteiger partial charge is 0.490 e. The van der Waals surface area contributed by atoms with Crippen molar-refractivity contribution in [2.24, 2.45) is 7.05 Å². The van der Waals surface area contributed by atoms with Crippen molar-refractivity contribution in [1.82, 2.24) is 14.8 Å². The summed E-state index contributed by atoms with van der Waals surface area (Å²) in [5, 5.41) is 12.9. The van der Waals surface area contributed by atoms with E-state index in [0.717, 1.165) is 17.0 Å². The third-order valence-electron chi connectivity index (χ3n) is 3.42. The molecule has 3 rings (SSSR count). The van der Waals surface area contributed by atoms with E-state index in [2.05, 4.69) is 10.1 Å². The Morgan fingerprint density at radius 3 is 2.71 bits per heavy atom. The maximum atomic E-state index is 8.72. The summed E-state index contributed by atoms with van der Waals surface area (Å²) in [6.45, 7) is 0.769. The van der Waals surface area contributed by atoms with Gasteiger partial charge in [0.1, 0.15) is 25.0 Å². The van der Waals surface area contributed by atoms with Gasteiger partial charge in [0.25, 0.3) is 0 Å². The maximum absolute atomic E-state index is 8.72. The van der Waals surface area contributed by atoms with E-state index in [9.17, 15) is 0 Å². The lowest BCUT2D eigenvalue weighted by Crippen LogP contribution is -2.09. The summed E-state index contributed by atoms with van der Waals surface area (Å²) in [7, 11) is 1.90. The van der Waals surface area contributed by atoms with Gasteiger partial charge in [0.15, 0.2) is 0 Å². The van der Waals surface area contributed by atoms with E-state index in [4.69, 9.17) is 14.7 Å². The highest BCUT2D eigenvalue weighted by molar-refractivity contribution is 5.61. The highest BCUT2D eigenvalue weighted by Crippen LogP contribution is 2.23. The van der Waals surface area contributed by atoms with Crippen molar-refractivity contribution in [2.45, 2.75) is 0 Å². The van der Waals surface area contributed by atoms with Crippen molar-refractivity contribution in [3.05, 3.63) is 60.4 Å². The summed E-state index contributed by atoms with van der Waals surface area (Å²) in [4.78, 5) is 4.04. The number of aryl methyl sites for hydroxylation is 1. The van der Waals surface area contributed by atoms with Gasteiger partial charge in [0.2, 0.25) is 5.88 Å². The van der Waals surface area contributed by atoms with Gasteiger partial charge in [0, 0.05) is 31.1 Å². The van der Waals surface area contributed by atoms with Crippen LogP contribution in [-0.2, 0) is 7.05 Å². The number of aromatic nitrogens is 3. The number of hydrogen-bond acceptors (Lipinski definition) is 5. The van der Waals surface area contributed by atoms with Gasteiger partial charge < -0.3 is 9.47 Å². The van der Waals surface area contributed by atoms with Crippen molar-refractivity contribution in [1.29, 1.82) is 5.26 Å². The molecule has 3 aromatic rings. The highest BCUT2D eigenvalue weighted by Gasteiger charge is 2.04. The molecule has 2 heterocycles. The second kappa shape index (κ2) is 7.29. The van der Waals surface area contributed by atoms with E-state index >= 15 is 0 Å². The molecule has 0 aliphatic heterocycles. The van der Waals surface area contributed by atoms with Crippen LogP contribution >= 0.6 is 0 Å². The average Bonchev–Trinajstić information content (AvgIpc) is 3.05. The molecule has 0 aliphatic carbocycles. The SMILES string of the molecule is Cn1nccc1-c1cccc(OCCOc2ccc(C#N)cn2)c1. The Hall–Kier alpha value is -3.33. The summed E-state index contributed by atoms with van der Waals surface area (Å²) < 4.78 is 13.0. The van der Waals surface area contributed by atoms with Gasteiger partial charge in [-0.1, -0.05) is 12.1 Å². The molecular formula is C18H16N4O2. The molecule has 6 heteroatoms. The fraction of sp³-hybridized carbons (Fsp3) is 0.167. The maximum Gasteiger partial charge on any atom is 0.213 e. The van der Waals surface area contributed by atoms with Crippen LogP contribution in [0.2, 0.25) is 0 Å². The minimum atomic E-state index is 0.370. The van der Waals surface area contributed by atoms with Crippen LogP contribution in [0.5, 0.6) is 11.6 Å². The van der Waals surface area contributed by atoms with Crippen molar-refractivity contribution >= 4 is 0 Å². The van der Waals surface area contributed by atoms with Gasteiger partial charge >= 0.3 is 0 Å². The molecule has 0 aliphatic rings. The number of ether oxygens (including phenoxy) is 2. The van der Waals surface area contributed by atoms with Gasteiger partial charge in [0.05, 0.1) is 11.3 Å². The molecular weight excluding hydrogens is 304 g/mol. The minimum Gasteiger partial charge on any atom is -0.490 e. The smallest absolute Gasteiger partial charge is 0.213 e. The molecule has 0 amide bonds. The molecule has 2 aromatic heterocycles. The Morgan fingerprint density at radius 2 is 2.00 bits per heavy atom. The fourth-order valence-corrected chi connectivity index (χ4v) is 2.24. The lowest BCUT2D eigenvalue weighted by atomic mass is 10.1. The molecule has 0 atom stereocenters. The molecule has 0 unspecified atom stereocenters. The third kappa shape index (κ3) is 3.70. The number of hydrogen-bond donors (Lipinski definition) is 0. The Morgan fingerprint density at radius 1 is 1.12 bits per heavy atom. The third-order valence-corrected chi connectivity index (χ3v) is 3.42. The molecule has 1 aromatic carbocycles. The lowest BCUT2D eigenvalue weighted by Gasteiger charge is -2.09. The molecule has 0 fully saturated rings. The van der Waals surface area contributed by atoms with Crippen LogP contribution in [-0.4, -0.2) is 28.0 Å². The zero-order valence-electron chi connectivity index (χ0n) is 13.2. The van der Waals surface area contributed by atoms with Gasteiger partial charge in [-0.05, 0) is 24.3 Å².